The summed E-state index contributed by atoms with van der Waals surface area (Å²) in [5, 5.41) is 13.8. The molecule has 0 saturated heterocycles. The van der Waals surface area contributed by atoms with Crippen LogP contribution in [0, 0.1) is 11.8 Å². The van der Waals surface area contributed by atoms with E-state index in [9.17, 15) is 14.7 Å². The van der Waals surface area contributed by atoms with E-state index in [2.05, 4.69) is 10.3 Å². The maximum absolute atomic E-state index is 12.1. The molecule has 1 fully saturated rings. The molecule has 1 heterocycles. The van der Waals surface area contributed by atoms with Crippen molar-refractivity contribution in [3.63, 3.8) is 0 Å². The Kier molecular flexibility index (Phi) is 4.49. The van der Waals surface area contributed by atoms with Crippen LogP contribution in [-0.4, -0.2) is 16.9 Å². The van der Waals surface area contributed by atoms with Gasteiger partial charge in [-0.2, -0.15) is 0 Å². The van der Waals surface area contributed by atoms with E-state index < -0.39 is 17.8 Å². The monoisotopic (exact) mass is 261 g/mol. The van der Waals surface area contributed by atoms with Crippen molar-refractivity contribution in [2.24, 2.45) is 11.8 Å². The largest absolute Gasteiger partial charge is 0.550 e. The third-order valence-electron chi connectivity index (χ3n) is 3.62. The van der Waals surface area contributed by atoms with Crippen molar-refractivity contribution in [1.82, 2.24) is 10.3 Å². The molecule has 0 radical (unpaired) electrons. The quantitative estimate of drug-likeness (QED) is 0.842. The van der Waals surface area contributed by atoms with E-state index in [1.807, 2.05) is 12.1 Å². The van der Waals surface area contributed by atoms with E-state index in [-0.39, 0.29) is 5.91 Å². The van der Waals surface area contributed by atoms with Gasteiger partial charge in [0, 0.05) is 36.7 Å². The number of hydrogen-bond acceptors (Lipinski definition) is 4. The molecule has 5 nitrogen and oxygen atoms in total. The van der Waals surface area contributed by atoms with Crippen molar-refractivity contribution in [2.75, 3.05) is 0 Å². The number of nitrogens with zero attached hydrogens (tertiary/aromatic N) is 1. The number of hydrogen-bond donors (Lipinski definition) is 1. The second-order valence-electron chi connectivity index (χ2n) is 4.89. The second kappa shape index (κ2) is 6.31. The predicted molar refractivity (Wildman–Crippen MR) is 66.5 cm³/mol. The fourth-order valence-electron chi connectivity index (χ4n) is 2.55. The summed E-state index contributed by atoms with van der Waals surface area (Å²) >= 11 is 0. The number of rotatable bonds is 4. The van der Waals surface area contributed by atoms with Crippen LogP contribution in [0.15, 0.2) is 24.5 Å². The van der Waals surface area contributed by atoms with Crippen LogP contribution in [-0.2, 0) is 16.1 Å². The van der Waals surface area contributed by atoms with Gasteiger partial charge in [0.2, 0.25) is 5.91 Å². The minimum atomic E-state index is -1.11. The third kappa shape index (κ3) is 3.53. The van der Waals surface area contributed by atoms with Gasteiger partial charge in [-0.05, 0) is 30.5 Å². The molecule has 1 saturated carbocycles. The maximum Gasteiger partial charge on any atom is 0.224 e. The molecule has 0 aromatic carbocycles. The first-order valence-electron chi connectivity index (χ1n) is 6.56. The average Bonchev–Trinajstić information content (AvgIpc) is 2.46. The zero-order valence-corrected chi connectivity index (χ0v) is 10.7. The van der Waals surface area contributed by atoms with Crippen LogP contribution in [0.25, 0.3) is 0 Å². The molecule has 0 aliphatic heterocycles. The molecule has 1 aliphatic rings. The van der Waals surface area contributed by atoms with Crippen molar-refractivity contribution in [1.29, 1.82) is 0 Å². The molecular weight excluding hydrogens is 244 g/mol. The van der Waals surface area contributed by atoms with Gasteiger partial charge in [0.25, 0.3) is 0 Å². The minimum Gasteiger partial charge on any atom is -0.550 e. The van der Waals surface area contributed by atoms with Gasteiger partial charge < -0.3 is 15.2 Å². The smallest absolute Gasteiger partial charge is 0.224 e. The van der Waals surface area contributed by atoms with Gasteiger partial charge in [-0.25, -0.2) is 0 Å². The summed E-state index contributed by atoms with van der Waals surface area (Å²) in [6.45, 7) is 0.400. The molecule has 0 spiro atoms. The second-order valence-corrected chi connectivity index (χ2v) is 4.89. The minimum absolute atomic E-state index is 0.189. The van der Waals surface area contributed by atoms with E-state index in [1.165, 1.54) is 0 Å². The zero-order chi connectivity index (χ0) is 13.7. The zero-order valence-electron chi connectivity index (χ0n) is 10.7. The van der Waals surface area contributed by atoms with Gasteiger partial charge in [-0.15, -0.1) is 0 Å². The number of carboxylic acids is 1. The van der Waals surface area contributed by atoms with Crippen LogP contribution < -0.4 is 10.4 Å². The fraction of sp³-hybridized carbons (Fsp3) is 0.500. The molecule has 1 aromatic rings. The summed E-state index contributed by atoms with van der Waals surface area (Å²) in [7, 11) is 0. The van der Waals surface area contributed by atoms with Crippen LogP contribution in [0.4, 0.5) is 0 Å². The third-order valence-corrected chi connectivity index (χ3v) is 3.62. The van der Waals surface area contributed by atoms with Crippen LogP contribution in [0.2, 0.25) is 0 Å². The van der Waals surface area contributed by atoms with Crippen molar-refractivity contribution < 1.29 is 14.7 Å². The summed E-state index contributed by atoms with van der Waals surface area (Å²) in [5.74, 6) is -2.40. The Hall–Kier alpha value is -1.91. The summed E-state index contributed by atoms with van der Waals surface area (Å²) in [5.41, 5.74) is 0.948. The lowest BCUT2D eigenvalue weighted by molar-refractivity contribution is -0.314. The Balaban J connectivity index is 1.93. The van der Waals surface area contributed by atoms with E-state index >= 15 is 0 Å². The number of aromatic nitrogens is 1. The first-order valence-corrected chi connectivity index (χ1v) is 6.56. The van der Waals surface area contributed by atoms with E-state index in [0.717, 1.165) is 18.4 Å². The standard InChI is InChI=1S/C14H18N2O3/c17-13(16-9-10-5-7-15-8-6-10)11-3-1-2-4-12(11)14(18)19/h5-8,11-12H,1-4,9H2,(H,16,17)(H,18,19)/p-1/t11-,12+/m0/s1. The van der Waals surface area contributed by atoms with Gasteiger partial charge in [0.05, 0.1) is 0 Å². The topological polar surface area (TPSA) is 82.1 Å². The van der Waals surface area contributed by atoms with Crippen LogP contribution in [0.5, 0.6) is 0 Å². The fourth-order valence-corrected chi connectivity index (χ4v) is 2.55. The van der Waals surface area contributed by atoms with Crippen LogP contribution in [0.1, 0.15) is 31.2 Å². The highest BCUT2D eigenvalue weighted by Crippen LogP contribution is 2.29. The van der Waals surface area contributed by atoms with Gasteiger partial charge in [0.1, 0.15) is 0 Å². The lowest BCUT2D eigenvalue weighted by atomic mass is 9.78. The molecule has 1 N–H and O–H groups in total. The highest BCUT2D eigenvalue weighted by molar-refractivity contribution is 5.84. The highest BCUT2D eigenvalue weighted by Gasteiger charge is 2.31. The Labute approximate surface area is 112 Å². The molecule has 1 aromatic heterocycles. The number of carbonyl (C=O) groups is 2. The Bertz CT molecular complexity index is 447. The number of pyridine rings is 1. The first-order chi connectivity index (χ1) is 9.18. The maximum atomic E-state index is 12.1. The molecule has 0 unspecified atom stereocenters. The van der Waals surface area contributed by atoms with Crippen molar-refractivity contribution in [3.8, 4) is 0 Å². The Morgan fingerprint density at radius 2 is 1.84 bits per heavy atom. The van der Waals surface area contributed by atoms with Gasteiger partial charge >= 0.3 is 0 Å². The van der Waals surface area contributed by atoms with Crippen molar-refractivity contribution in [3.05, 3.63) is 30.1 Å². The SMILES string of the molecule is O=C(NCc1ccncc1)[C@H]1CCCC[C@H]1C(=O)[O-]. The molecule has 102 valence electrons. The number of nitrogens with one attached hydrogen (secondary N) is 1. The van der Waals surface area contributed by atoms with E-state index in [0.29, 0.717) is 19.4 Å². The van der Waals surface area contributed by atoms with Crippen molar-refractivity contribution in [2.45, 2.75) is 32.2 Å². The lowest BCUT2D eigenvalue weighted by Gasteiger charge is -2.31. The summed E-state index contributed by atoms with van der Waals surface area (Å²) < 4.78 is 0. The normalized spacial score (nSPS) is 22.7. The number of carboxylic acid groups (broad SMARTS) is 1. The summed E-state index contributed by atoms with van der Waals surface area (Å²) in [6, 6.07) is 3.63. The van der Waals surface area contributed by atoms with Crippen molar-refractivity contribution >= 4 is 11.9 Å². The van der Waals surface area contributed by atoms with Crippen LogP contribution in [0.3, 0.4) is 0 Å². The molecule has 2 atom stereocenters. The van der Waals surface area contributed by atoms with Gasteiger partial charge in [0.15, 0.2) is 0 Å². The van der Waals surface area contributed by atoms with Gasteiger partial charge in [-0.1, -0.05) is 12.8 Å². The molecular formula is C14H17N2O3-. The molecule has 5 heteroatoms. The molecule has 1 amide bonds. The lowest BCUT2D eigenvalue weighted by Crippen LogP contribution is -2.44. The van der Waals surface area contributed by atoms with Gasteiger partial charge in [-0.3, -0.25) is 9.78 Å². The number of amides is 1. The highest BCUT2D eigenvalue weighted by atomic mass is 16.4. The van der Waals surface area contributed by atoms with E-state index in [4.69, 9.17) is 0 Å². The summed E-state index contributed by atoms with van der Waals surface area (Å²) in [6.07, 6.45) is 6.23. The average molecular weight is 261 g/mol. The molecule has 1 aliphatic carbocycles. The molecule has 2 rings (SSSR count). The number of carbonyl (C=O) groups excluding carboxylic acids is 2. The molecule has 0 bridgehead atoms. The summed E-state index contributed by atoms with van der Waals surface area (Å²) in [4.78, 5) is 27.0. The van der Waals surface area contributed by atoms with Crippen LogP contribution >= 0.6 is 0 Å². The van der Waals surface area contributed by atoms with E-state index in [1.54, 1.807) is 12.4 Å². The molecule has 19 heavy (non-hydrogen) atoms. The number of aliphatic carboxylic acids is 1. The Morgan fingerprint density at radius 1 is 1.21 bits per heavy atom. The first kappa shape index (κ1) is 13.5. The Morgan fingerprint density at radius 3 is 2.47 bits per heavy atom. The predicted octanol–water partition coefficient (Wildman–Crippen LogP) is 0.254.